The molecule has 34 heavy (non-hydrogen) atoms. The van der Waals surface area contributed by atoms with Gasteiger partial charge in [0.25, 0.3) is 0 Å². The number of nitrogens with one attached hydrogen (secondary N) is 1. The van der Waals surface area contributed by atoms with Crippen molar-refractivity contribution < 1.29 is 27.9 Å². The van der Waals surface area contributed by atoms with Crippen LogP contribution in [0.25, 0.3) is 0 Å². The van der Waals surface area contributed by atoms with Crippen molar-refractivity contribution in [3.63, 3.8) is 0 Å². The van der Waals surface area contributed by atoms with Gasteiger partial charge in [0.05, 0.1) is 11.1 Å². The number of fused-ring (bicyclic) bond motifs is 1. The van der Waals surface area contributed by atoms with Gasteiger partial charge in [-0.1, -0.05) is 24.3 Å². The van der Waals surface area contributed by atoms with Crippen molar-refractivity contribution in [1.29, 1.82) is 0 Å². The molecule has 0 bridgehead atoms. The smallest absolute Gasteiger partial charge is 0.418 e. The topological polar surface area (TPSA) is 69.6 Å². The molecule has 1 heterocycles. The fraction of sp³-hybridized carbons (Fsp3) is 0.462. The number of anilines is 1. The molecule has 4 rings (SSSR count). The fourth-order valence-electron chi connectivity index (χ4n) is 5.22. The number of carbonyl (C=O) groups excluding carboxylic acids is 1. The summed E-state index contributed by atoms with van der Waals surface area (Å²) in [5.74, 6) is -0.795. The summed E-state index contributed by atoms with van der Waals surface area (Å²) in [6, 6.07) is 11.6. The Labute approximate surface area is 197 Å². The highest BCUT2D eigenvalue weighted by Crippen LogP contribution is 2.39. The molecule has 1 unspecified atom stereocenters. The van der Waals surface area contributed by atoms with E-state index in [-0.39, 0.29) is 23.1 Å². The van der Waals surface area contributed by atoms with Crippen LogP contribution in [-0.4, -0.2) is 36.6 Å². The van der Waals surface area contributed by atoms with Crippen LogP contribution in [0.1, 0.15) is 65.1 Å². The lowest BCUT2D eigenvalue weighted by Crippen LogP contribution is -2.37. The van der Waals surface area contributed by atoms with Gasteiger partial charge in [-0.25, -0.2) is 4.79 Å². The molecule has 2 aromatic carbocycles. The molecule has 0 saturated carbocycles. The molecule has 2 aliphatic rings. The maximum absolute atomic E-state index is 13.5. The van der Waals surface area contributed by atoms with Crippen LogP contribution >= 0.6 is 0 Å². The normalized spacial score (nSPS) is 18.6. The minimum Gasteiger partial charge on any atom is -0.478 e. The molecule has 8 heteroatoms. The summed E-state index contributed by atoms with van der Waals surface area (Å²) in [7, 11) is 0. The summed E-state index contributed by atoms with van der Waals surface area (Å²) in [6.45, 7) is 1.42. The first-order valence-electron chi connectivity index (χ1n) is 11.8. The van der Waals surface area contributed by atoms with Gasteiger partial charge < -0.3 is 15.3 Å². The van der Waals surface area contributed by atoms with Gasteiger partial charge in [-0.2, -0.15) is 13.2 Å². The zero-order valence-corrected chi connectivity index (χ0v) is 18.9. The number of hydrogen-bond donors (Lipinski definition) is 2. The van der Waals surface area contributed by atoms with Crippen LogP contribution in [0.15, 0.2) is 42.5 Å². The van der Waals surface area contributed by atoms with Crippen molar-refractivity contribution in [3.8, 4) is 0 Å². The molecule has 1 atom stereocenters. The predicted octanol–water partition coefficient (Wildman–Crippen LogP) is 5.25. The monoisotopic (exact) mass is 474 g/mol. The van der Waals surface area contributed by atoms with Gasteiger partial charge in [-0.15, -0.1) is 0 Å². The minimum atomic E-state index is -4.64. The standard InChI is InChI=1S/C26H29F3N2O3/c27-26(28,29)22-16-20(25(33)34)7-8-23(22)31-13-10-17(11-14-31)15-24(32)30-12-9-19-6-5-18-3-1-2-4-21(18)19/h1-4,7-8,16-17,19H,5-6,9-15H2,(H,30,32)(H,33,34). The van der Waals surface area contributed by atoms with Crippen LogP contribution in [0, 0.1) is 5.92 Å². The van der Waals surface area contributed by atoms with Gasteiger partial charge in [0, 0.05) is 31.7 Å². The van der Waals surface area contributed by atoms with Crippen molar-refractivity contribution in [2.75, 3.05) is 24.5 Å². The van der Waals surface area contributed by atoms with E-state index in [0.717, 1.165) is 19.3 Å². The molecule has 5 nitrogen and oxygen atoms in total. The number of carboxylic acids is 1. The summed E-state index contributed by atoms with van der Waals surface area (Å²) >= 11 is 0. The summed E-state index contributed by atoms with van der Waals surface area (Å²) in [5.41, 5.74) is 1.47. The Balaban J connectivity index is 1.26. The summed E-state index contributed by atoms with van der Waals surface area (Å²) in [5, 5.41) is 12.1. The molecule has 182 valence electrons. The summed E-state index contributed by atoms with van der Waals surface area (Å²) < 4.78 is 40.6. The highest BCUT2D eigenvalue weighted by molar-refractivity contribution is 5.88. The number of aryl methyl sites for hydroxylation is 1. The lowest BCUT2D eigenvalue weighted by atomic mass is 9.92. The van der Waals surface area contributed by atoms with E-state index in [0.29, 0.717) is 50.9 Å². The van der Waals surface area contributed by atoms with Crippen LogP contribution in [0.4, 0.5) is 18.9 Å². The van der Waals surface area contributed by atoms with Gasteiger partial charge >= 0.3 is 12.1 Å². The van der Waals surface area contributed by atoms with Crippen molar-refractivity contribution in [2.24, 2.45) is 5.92 Å². The quantitative estimate of drug-likeness (QED) is 0.575. The van der Waals surface area contributed by atoms with Gasteiger partial charge in [0.2, 0.25) is 5.91 Å². The lowest BCUT2D eigenvalue weighted by molar-refractivity contribution is -0.137. The van der Waals surface area contributed by atoms with Gasteiger partial charge in [0.1, 0.15) is 0 Å². The number of nitrogens with zero attached hydrogens (tertiary/aromatic N) is 1. The van der Waals surface area contributed by atoms with Gasteiger partial charge in [-0.05, 0) is 73.3 Å². The number of piperidine rings is 1. The van der Waals surface area contributed by atoms with Gasteiger partial charge in [0.15, 0.2) is 0 Å². The average Bonchev–Trinajstić information content (AvgIpc) is 3.22. The van der Waals surface area contributed by atoms with E-state index in [1.807, 2.05) is 0 Å². The highest BCUT2D eigenvalue weighted by atomic mass is 19.4. The number of amides is 1. The summed E-state index contributed by atoms with van der Waals surface area (Å²) in [6.07, 6.45) is 0.0660. The van der Waals surface area contributed by atoms with Crippen molar-refractivity contribution >= 4 is 17.6 Å². The molecule has 0 spiro atoms. The molecular weight excluding hydrogens is 445 g/mol. The van der Waals surface area contributed by atoms with E-state index >= 15 is 0 Å². The number of hydrogen-bond acceptors (Lipinski definition) is 3. The van der Waals surface area contributed by atoms with Crippen LogP contribution < -0.4 is 10.2 Å². The summed E-state index contributed by atoms with van der Waals surface area (Å²) in [4.78, 5) is 25.2. The molecular formula is C26H29F3N2O3. The van der Waals surface area contributed by atoms with E-state index in [4.69, 9.17) is 5.11 Å². The fourth-order valence-corrected chi connectivity index (χ4v) is 5.22. The molecule has 1 aliphatic heterocycles. The molecule has 0 aromatic heterocycles. The largest absolute Gasteiger partial charge is 0.478 e. The van der Waals surface area contributed by atoms with Crippen LogP contribution in [0.5, 0.6) is 0 Å². The average molecular weight is 475 g/mol. The number of aromatic carboxylic acids is 1. The first kappa shape index (κ1) is 24.1. The number of halogens is 3. The Morgan fingerprint density at radius 3 is 2.50 bits per heavy atom. The van der Waals surface area contributed by atoms with E-state index in [9.17, 15) is 22.8 Å². The Bertz CT molecular complexity index is 1050. The molecule has 1 fully saturated rings. The molecule has 2 N–H and O–H groups in total. The van der Waals surface area contributed by atoms with E-state index < -0.39 is 17.7 Å². The number of rotatable bonds is 7. The second-order valence-corrected chi connectivity index (χ2v) is 9.24. The Morgan fingerprint density at radius 2 is 1.79 bits per heavy atom. The van der Waals surface area contributed by atoms with Crippen molar-refractivity contribution in [1.82, 2.24) is 5.32 Å². The van der Waals surface area contributed by atoms with Crippen LogP contribution in [-0.2, 0) is 17.4 Å². The highest BCUT2D eigenvalue weighted by Gasteiger charge is 2.36. The first-order chi connectivity index (χ1) is 16.2. The molecule has 0 radical (unpaired) electrons. The van der Waals surface area contributed by atoms with E-state index in [1.165, 1.54) is 23.3 Å². The third kappa shape index (κ3) is 5.54. The van der Waals surface area contributed by atoms with E-state index in [1.54, 1.807) is 4.90 Å². The van der Waals surface area contributed by atoms with Crippen molar-refractivity contribution in [3.05, 3.63) is 64.7 Å². The SMILES string of the molecule is O=C(CC1CCN(c2ccc(C(=O)O)cc2C(F)(F)F)CC1)NCCC1CCc2ccccc21. The van der Waals surface area contributed by atoms with Crippen LogP contribution in [0.3, 0.4) is 0 Å². The third-order valence-electron chi connectivity index (χ3n) is 7.05. The maximum Gasteiger partial charge on any atom is 0.418 e. The van der Waals surface area contributed by atoms with Crippen LogP contribution in [0.2, 0.25) is 0 Å². The Kier molecular flexibility index (Phi) is 7.14. The van der Waals surface area contributed by atoms with E-state index in [2.05, 4.69) is 29.6 Å². The minimum absolute atomic E-state index is 0.00255. The molecule has 1 saturated heterocycles. The Morgan fingerprint density at radius 1 is 1.06 bits per heavy atom. The number of alkyl halides is 3. The lowest BCUT2D eigenvalue weighted by Gasteiger charge is -2.35. The number of benzene rings is 2. The third-order valence-corrected chi connectivity index (χ3v) is 7.05. The molecule has 1 aliphatic carbocycles. The second-order valence-electron chi connectivity index (χ2n) is 9.24. The Hall–Kier alpha value is -3.03. The van der Waals surface area contributed by atoms with Crippen molar-refractivity contribution in [2.45, 2.75) is 50.6 Å². The zero-order chi connectivity index (χ0) is 24.3. The van der Waals surface area contributed by atoms with Gasteiger partial charge in [-0.3, -0.25) is 4.79 Å². The number of carbonyl (C=O) groups is 2. The number of carboxylic acid groups (broad SMARTS) is 1. The first-order valence-corrected chi connectivity index (χ1v) is 11.8. The zero-order valence-electron chi connectivity index (χ0n) is 18.9. The maximum atomic E-state index is 13.5. The second kappa shape index (κ2) is 10.1. The molecule has 1 amide bonds. The molecule has 2 aromatic rings. The predicted molar refractivity (Wildman–Crippen MR) is 123 cm³/mol.